The molecule has 0 unspecified atom stereocenters. The second-order valence-electron chi connectivity index (χ2n) is 4.07. The lowest BCUT2D eigenvalue weighted by Crippen LogP contribution is -2.07. The summed E-state index contributed by atoms with van der Waals surface area (Å²) >= 11 is 8.39. The van der Waals surface area contributed by atoms with Crippen molar-refractivity contribution >= 4 is 39.9 Å². The van der Waals surface area contributed by atoms with Crippen molar-refractivity contribution < 1.29 is 4.74 Å². The molecule has 100 valence electrons. The van der Waals surface area contributed by atoms with Gasteiger partial charge in [-0.3, -0.25) is 0 Å². The molecule has 0 heterocycles. The summed E-state index contributed by atoms with van der Waals surface area (Å²) in [7, 11) is 0. The van der Waals surface area contributed by atoms with Gasteiger partial charge < -0.3 is 10.1 Å². The maximum absolute atomic E-state index is 6.14. The molecule has 0 radical (unpaired) electrons. The van der Waals surface area contributed by atoms with Crippen molar-refractivity contribution in [2.24, 2.45) is 0 Å². The number of anilines is 1. The summed E-state index contributed by atoms with van der Waals surface area (Å²) in [4.78, 5) is 0. The van der Waals surface area contributed by atoms with Gasteiger partial charge in [-0.15, -0.1) is 0 Å². The molecule has 0 bridgehead atoms. The Morgan fingerprint density at radius 3 is 2.63 bits per heavy atom. The first kappa shape index (κ1) is 14.5. The van der Waals surface area contributed by atoms with E-state index in [1.807, 2.05) is 48.5 Å². The fourth-order valence-electron chi connectivity index (χ4n) is 1.63. The highest BCUT2D eigenvalue weighted by molar-refractivity contribution is 14.1. The molecule has 0 aliphatic carbocycles. The number of hydrogen-bond acceptors (Lipinski definition) is 2. The first-order valence-corrected chi connectivity index (χ1v) is 7.58. The molecule has 0 saturated carbocycles. The molecule has 0 aliphatic rings. The molecule has 2 rings (SSSR count). The van der Waals surface area contributed by atoms with Crippen LogP contribution in [0.3, 0.4) is 0 Å². The molecule has 0 amide bonds. The van der Waals surface area contributed by atoms with E-state index in [0.717, 1.165) is 33.0 Å². The van der Waals surface area contributed by atoms with E-state index in [9.17, 15) is 0 Å². The average Bonchev–Trinajstić information content (AvgIpc) is 2.42. The van der Waals surface area contributed by atoms with Crippen LogP contribution >= 0.6 is 34.2 Å². The van der Waals surface area contributed by atoms with Gasteiger partial charge in [0.15, 0.2) is 0 Å². The number of benzene rings is 2. The van der Waals surface area contributed by atoms with Gasteiger partial charge in [-0.25, -0.2) is 0 Å². The molecule has 2 aromatic carbocycles. The van der Waals surface area contributed by atoms with Crippen LogP contribution in [0.4, 0.5) is 5.69 Å². The summed E-state index contributed by atoms with van der Waals surface area (Å²) in [6, 6.07) is 15.8. The lowest BCUT2D eigenvalue weighted by atomic mass is 10.3. The first-order chi connectivity index (χ1) is 9.25. The van der Waals surface area contributed by atoms with E-state index in [1.54, 1.807) is 0 Å². The molecular formula is C15H15ClINO. The maximum atomic E-state index is 6.14. The molecule has 19 heavy (non-hydrogen) atoms. The fraction of sp³-hybridized carbons (Fsp3) is 0.200. The summed E-state index contributed by atoms with van der Waals surface area (Å²) in [5.74, 6) is 0.912. The highest BCUT2D eigenvalue weighted by atomic mass is 127. The summed E-state index contributed by atoms with van der Waals surface area (Å²) in [5.41, 5.74) is 0.974. The van der Waals surface area contributed by atoms with Crippen LogP contribution in [-0.4, -0.2) is 13.2 Å². The van der Waals surface area contributed by atoms with Crippen LogP contribution in [0.1, 0.15) is 6.42 Å². The lowest BCUT2D eigenvalue weighted by molar-refractivity contribution is 0.315. The Labute approximate surface area is 132 Å². The number of nitrogens with one attached hydrogen (secondary N) is 1. The number of para-hydroxylation sites is 1. The van der Waals surface area contributed by atoms with Crippen LogP contribution in [-0.2, 0) is 0 Å². The minimum Gasteiger partial charge on any atom is -0.494 e. The zero-order chi connectivity index (χ0) is 13.5. The van der Waals surface area contributed by atoms with E-state index in [4.69, 9.17) is 16.3 Å². The molecule has 0 aliphatic heterocycles. The van der Waals surface area contributed by atoms with Gasteiger partial charge in [-0.05, 0) is 59.3 Å². The fourth-order valence-corrected chi connectivity index (χ4v) is 2.56. The van der Waals surface area contributed by atoms with Gasteiger partial charge in [0.25, 0.3) is 0 Å². The SMILES string of the molecule is Clc1cc(I)ccc1NCCCOc1ccccc1. The largest absolute Gasteiger partial charge is 0.494 e. The molecule has 2 nitrogen and oxygen atoms in total. The van der Waals surface area contributed by atoms with Crippen molar-refractivity contribution in [3.63, 3.8) is 0 Å². The molecule has 4 heteroatoms. The Bertz CT molecular complexity index is 519. The molecule has 0 atom stereocenters. The van der Waals surface area contributed by atoms with Crippen LogP contribution < -0.4 is 10.1 Å². The Balaban J connectivity index is 1.69. The zero-order valence-corrected chi connectivity index (χ0v) is 13.3. The van der Waals surface area contributed by atoms with Gasteiger partial charge >= 0.3 is 0 Å². The Kier molecular flexibility index (Phi) is 5.79. The third-order valence-corrected chi connectivity index (χ3v) is 3.56. The van der Waals surface area contributed by atoms with Crippen molar-refractivity contribution in [1.82, 2.24) is 0 Å². The van der Waals surface area contributed by atoms with Crippen LogP contribution in [0.15, 0.2) is 48.5 Å². The summed E-state index contributed by atoms with van der Waals surface area (Å²) < 4.78 is 6.76. The Morgan fingerprint density at radius 2 is 1.89 bits per heavy atom. The second-order valence-corrected chi connectivity index (χ2v) is 5.72. The molecule has 1 N–H and O–H groups in total. The average molecular weight is 388 g/mol. The monoisotopic (exact) mass is 387 g/mol. The van der Waals surface area contributed by atoms with Crippen molar-refractivity contribution in [2.75, 3.05) is 18.5 Å². The first-order valence-electron chi connectivity index (χ1n) is 6.12. The number of hydrogen-bond donors (Lipinski definition) is 1. The molecule has 0 spiro atoms. The second kappa shape index (κ2) is 7.60. The van der Waals surface area contributed by atoms with E-state index >= 15 is 0 Å². The predicted molar refractivity (Wildman–Crippen MR) is 89.2 cm³/mol. The number of rotatable bonds is 6. The van der Waals surface area contributed by atoms with Crippen LogP contribution in [0.5, 0.6) is 5.75 Å². The van der Waals surface area contributed by atoms with Gasteiger partial charge in [0.2, 0.25) is 0 Å². The third kappa shape index (κ3) is 4.91. The van der Waals surface area contributed by atoms with Gasteiger partial charge in [0, 0.05) is 10.1 Å². The molecule has 2 aromatic rings. The maximum Gasteiger partial charge on any atom is 0.119 e. The molecule has 0 saturated heterocycles. The predicted octanol–water partition coefficient (Wildman–Crippen LogP) is 4.83. The minimum atomic E-state index is 0.693. The van der Waals surface area contributed by atoms with Gasteiger partial charge in [0.05, 0.1) is 17.3 Å². The molecule has 0 fully saturated rings. The summed E-state index contributed by atoms with van der Waals surface area (Å²) in [6.07, 6.45) is 0.928. The standard InChI is InChI=1S/C15H15ClINO/c16-14-11-12(17)7-8-15(14)18-9-4-10-19-13-5-2-1-3-6-13/h1-3,5-8,11,18H,4,9-10H2. The van der Waals surface area contributed by atoms with E-state index in [2.05, 4.69) is 27.9 Å². The zero-order valence-electron chi connectivity index (χ0n) is 10.4. The van der Waals surface area contributed by atoms with Gasteiger partial charge in [-0.1, -0.05) is 29.8 Å². The van der Waals surface area contributed by atoms with Crippen LogP contribution in [0.2, 0.25) is 5.02 Å². The van der Waals surface area contributed by atoms with E-state index in [-0.39, 0.29) is 0 Å². The number of halogens is 2. The summed E-state index contributed by atoms with van der Waals surface area (Å²) in [5, 5.41) is 4.07. The number of ether oxygens (including phenoxy) is 1. The van der Waals surface area contributed by atoms with Gasteiger partial charge in [-0.2, -0.15) is 0 Å². The highest BCUT2D eigenvalue weighted by Crippen LogP contribution is 2.23. The lowest BCUT2D eigenvalue weighted by Gasteiger charge is -2.09. The normalized spacial score (nSPS) is 10.2. The molecule has 0 aromatic heterocycles. The quantitative estimate of drug-likeness (QED) is 0.566. The van der Waals surface area contributed by atoms with E-state index < -0.39 is 0 Å². The smallest absolute Gasteiger partial charge is 0.119 e. The van der Waals surface area contributed by atoms with Gasteiger partial charge in [0.1, 0.15) is 5.75 Å². The van der Waals surface area contributed by atoms with E-state index in [1.165, 1.54) is 0 Å². The van der Waals surface area contributed by atoms with Crippen LogP contribution in [0, 0.1) is 3.57 Å². The Morgan fingerprint density at radius 1 is 1.11 bits per heavy atom. The highest BCUT2D eigenvalue weighted by Gasteiger charge is 2.00. The van der Waals surface area contributed by atoms with Crippen molar-refractivity contribution in [3.8, 4) is 5.75 Å². The van der Waals surface area contributed by atoms with Crippen molar-refractivity contribution in [3.05, 3.63) is 57.1 Å². The van der Waals surface area contributed by atoms with Crippen molar-refractivity contribution in [2.45, 2.75) is 6.42 Å². The summed E-state index contributed by atoms with van der Waals surface area (Å²) in [6.45, 7) is 1.53. The van der Waals surface area contributed by atoms with Crippen LogP contribution in [0.25, 0.3) is 0 Å². The topological polar surface area (TPSA) is 21.3 Å². The van der Waals surface area contributed by atoms with Crippen molar-refractivity contribution in [1.29, 1.82) is 0 Å². The molecular weight excluding hydrogens is 373 g/mol. The third-order valence-electron chi connectivity index (χ3n) is 2.58. The Hall–Kier alpha value is -0.940. The minimum absolute atomic E-state index is 0.693. The van der Waals surface area contributed by atoms with E-state index in [0.29, 0.717) is 6.61 Å².